The third-order valence-electron chi connectivity index (χ3n) is 3.65. The van der Waals surface area contributed by atoms with Gasteiger partial charge in [0.2, 0.25) is 5.95 Å². The van der Waals surface area contributed by atoms with Crippen molar-refractivity contribution in [1.29, 1.82) is 0 Å². The lowest BCUT2D eigenvalue weighted by Gasteiger charge is -2.18. The molecule has 1 saturated heterocycles. The van der Waals surface area contributed by atoms with Crippen LogP contribution in [-0.2, 0) is 0 Å². The first-order valence-electron chi connectivity index (χ1n) is 6.79. The second-order valence-electron chi connectivity index (χ2n) is 4.98. The van der Waals surface area contributed by atoms with Gasteiger partial charge in [0, 0.05) is 30.8 Å². The highest BCUT2D eigenvalue weighted by Gasteiger charge is 2.22. The van der Waals surface area contributed by atoms with Gasteiger partial charge in [0.15, 0.2) is 0 Å². The fraction of sp³-hybridized carbons (Fsp3) is 0.333. The quantitative estimate of drug-likeness (QED) is 0.879. The van der Waals surface area contributed by atoms with E-state index in [-0.39, 0.29) is 0 Å². The van der Waals surface area contributed by atoms with Crippen LogP contribution in [0.5, 0.6) is 0 Å². The summed E-state index contributed by atoms with van der Waals surface area (Å²) in [5, 5.41) is 3.30. The van der Waals surface area contributed by atoms with E-state index < -0.39 is 0 Å². The average Bonchev–Trinajstić information content (AvgIpc) is 2.96. The van der Waals surface area contributed by atoms with E-state index in [9.17, 15) is 0 Å². The normalized spacial score (nSPS) is 18.4. The van der Waals surface area contributed by atoms with Gasteiger partial charge in [-0.05, 0) is 25.6 Å². The smallest absolute Gasteiger partial charge is 0.222 e. The summed E-state index contributed by atoms with van der Waals surface area (Å²) in [6, 6.07) is 13.3. The van der Waals surface area contributed by atoms with Gasteiger partial charge in [0.05, 0.1) is 5.69 Å². The Morgan fingerprint density at radius 1 is 1.45 bits per heavy atom. The predicted octanol–water partition coefficient (Wildman–Crippen LogP) is 1.32. The lowest BCUT2D eigenvalue weighted by molar-refractivity contribution is 0.616. The molecule has 0 bridgehead atoms. The van der Waals surface area contributed by atoms with Crippen molar-refractivity contribution in [2.24, 2.45) is 0 Å². The first kappa shape index (κ1) is 12.9. The van der Waals surface area contributed by atoms with Crippen LogP contribution >= 0.6 is 0 Å². The number of nitrogens with two attached hydrogens (primary N) is 1. The Kier molecular flexibility index (Phi) is 3.52. The van der Waals surface area contributed by atoms with Crippen LogP contribution in [0.1, 0.15) is 6.42 Å². The molecule has 5 heteroatoms. The van der Waals surface area contributed by atoms with E-state index in [1.807, 2.05) is 37.4 Å². The number of nitrogens with one attached hydrogen (secondary N) is 1. The summed E-state index contributed by atoms with van der Waals surface area (Å²) in [5.41, 5.74) is 7.71. The zero-order valence-electron chi connectivity index (χ0n) is 11.5. The maximum absolute atomic E-state index is 5.86. The van der Waals surface area contributed by atoms with Gasteiger partial charge in [-0.3, -0.25) is 0 Å². The van der Waals surface area contributed by atoms with Gasteiger partial charge in [0.25, 0.3) is 0 Å². The third-order valence-corrected chi connectivity index (χ3v) is 3.65. The molecule has 1 aliphatic heterocycles. The number of rotatable bonds is 3. The minimum absolute atomic E-state index is 0.314. The molecule has 1 fully saturated rings. The molecule has 0 aliphatic carbocycles. The number of anilines is 2. The Hall–Kier alpha value is -2.14. The topological polar surface area (TPSA) is 67.1 Å². The molecule has 3 rings (SSSR count). The molecule has 2 aromatic rings. The van der Waals surface area contributed by atoms with Crippen LogP contribution in [0, 0.1) is 6.07 Å². The van der Waals surface area contributed by atoms with Gasteiger partial charge >= 0.3 is 0 Å². The number of benzene rings is 1. The third kappa shape index (κ3) is 2.58. The number of likely N-dealkylation sites (N-methyl/N-ethyl adjacent to an activating group) is 1. The van der Waals surface area contributed by atoms with Crippen LogP contribution < -0.4 is 16.0 Å². The molecule has 2 heterocycles. The molecule has 1 radical (unpaired) electrons. The second kappa shape index (κ2) is 5.46. The summed E-state index contributed by atoms with van der Waals surface area (Å²) >= 11 is 0. The summed E-state index contributed by atoms with van der Waals surface area (Å²) < 4.78 is 0. The van der Waals surface area contributed by atoms with Crippen LogP contribution in [0.25, 0.3) is 11.3 Å². The monoisotopic (exact) mass is 268 g/mol. The standard InChI is InChI=1S/C15H18N5/c1-17-12-7-8-20(10-12)14-9-13(18-15(16)19-14)11-5-3-2-4-6-11/h2-3,5-6,9,12,17H,7-8,10H2,1H3,(H2,16,18,19). The summed E-state index contributed by atoms with van der Waals surface area (Å²) in [6.07, 6.45) is 1.12. The fourth-order valence-electron chi connectivity index (χ4n) is 2.52. The number of nitrogen functional groups attached to an aromatic ring is 1. The molecule has 0 amide bonds. The van der Waals surface area contributed by atoms with Crippen molar-refractivity contribution in [3.63, 3.8) is 0 Å². The molecule has 3 N–H and O–H groups in total. The van der Waals surface area contributed by atoms with E-state index >= 15 is 0 Å². The minimum atomic E-state index is 0.314. The molecule has 1 aromatic heterocycles. The maximum atomic E-state index is 5.86. The number of aromatic nitrogens is 2. The van der Waals surface area contributed by atoms with Crippen molar-refractivity contribution >= 4 is 11.8 Å². The molecule has 0 spiro atoms. The van der Waals surface area contributed by atoms with Gasteiger partial charge in [-0.1, -0.05) is 18.2 Å². The van der Waals surface area contributed by atoms with Crippen molar-refractivity contribution in [3.8, 4) is 11.3 Å². The number of nitrogens with zero attached hydrogens (tertiary/aromatic N) is 3. The largest absolute Gasteiger partial charge is 0.368 e. The molecular weight excluding hydrogens is 250 g/mol. The number of hydrogen-bond acceptors (Lipinski definition) is 5. The predicted molar refractivity (Wildman–Crippen MR) is 80.4 cm³/mol. The highest BCUT2D eigenvalue weighted by atomic mass is 15.2. The first-order valence-corrected chi connectivity index (χ1v) is 6.79. The maximum Gasteiger partial charge on any atom is 0.222 e. The Morgan fingerprint density at radius 3 is 3.05 bits per heavy atom. The second-order valence-corrected chi connectivity index (χ2v) is 4.98. The molecule has 1 unspecified atom stereocenters. The van der Waals surface area contributed by atoms with Crippen molar-refractivity contribution in [3.05, 3.63) is 36.4 Å². The SMILES string of the molecule is CNC1CCN(c2cc(-c3c[c]ccc3)nc(N)n2)C1. The van der Waals surface area contributed by atoms with Crippen LogP contribution in [0.4, 0.5) is 11.8 Å². The van der Waals surface area contributed by atoms with E-state index in [1.54, 1.807) is 0 Å². The Balaban J connectivity index is 1.92. The molecule has 20 heavy (non-hydrogen) atoms. The van der Waals surface area contributed by atoms with Crippen molar-refractivity contribution in [2.45, 2.75) is 12.5 Å². The Bertz CT molecular complexity index is 584. The summed E-state index contributed by atoms with van der Waals surface area (Å²) in [4.78, 5) is 10.9. The Labute approximate surface area is 118 Å². The molecule has 0 saturated carbocycles. The molecule has 1 aromatic carbocycles. The summed E-state index contributed by atoms with van der Waals surface area (Å²) in [6.45, 7) is 1.94. The van der Waals surface area contributed by atoms with Crippen LogP contribution in [0.15, 0.2) is 30.3 Å². The molecule has 1 atom stereocenters. The van der Waals surface area contributed by atoms with Gasteiger partial charge in [-0.2, -0.15) is 4.98 Å². The van der Waals surface area contributed by atoms with Gasteiger partial charge < -0.3 is 16.0 Å². The van der Waals surface area contributed by atoms with Crippen molar-refractivity contribution in [1.82, 2.24) is 15.3 Å². The van der Waals surface area contributed by atoms with Crippen LogP contribution in [0.2, 0.25) is 0 Å². The van der Waals surface area contributed by atoms with Crippen molar-refractivity contribution in [2.75, 3.05) is 30.8 Å². The van der Waals surface area contributed by atoms with Crippen molar-refractivity contribution < 1.29 is 0 Å². The molecular formula is C15H18N5. The zero-order chi connectivity index (χ0) is 13.9. The molecule has 103 valence electrons. The lowest BCUT2D eigenvalue weighted by Crippen LogP contribution is -2.30. The van der Waals surface area contributed by atoms with E-state index in [4.69, 9.17) is 5.73 Å². The van der Waals surface area contributed by atoms with E-state index in [0.29, 0.717) is 12.0 Å². The first-order chi connectivity index (χ1) is 9.76. The number of hydrogen-bond donors (Lipinski definition) is 2. The fourth-order valence-corrected chi connectivity index (χ4v) is 2.52. The van der Waals surface area contributed by atoms with Gasteiger partial charge in [-0.15, -0.1) is 0 Å². The highest BCUT2D eigenvalue weighted by Crippen LogP contribution is 2.24. The minimum Gasteiger partial charge on any atom is -0.368 e. The summed E-state index contributed by atoms with van der Waals surface area (Å²) in [7, 11) is 1.99. The van der Waals surface area contributed by atoms with Gasteiger partial charge in [-0.25, -0.2) is 4.98 Å². The zero-order valence-corrected chi connectivity index (χ0v) is 11.5. The highest BCUT2D eigenvalue weighted by molar-refractivity contribution is 5.64. The molecule has 1 aliphatic rings. The van der Waals surface area contributed by atoms with E-state index in [2.05, 4.69) is 26.3 Å². The van der Waals surface area contributed by atoms with Crippen LogP contribution in [-0.4, -0.2) is 36.1 Å². The average molecular weight is 268 g/mol. The lowest BCUT2D eigenvalue weighted by atomic mass is 10.1. The van der Waals surface area contributed by atoms with Gasteiger partial charge in [0.1, 0.15) is 5.82 Å². The molecule has 5 nitrogen and oxygen atoms in total. The van der Waals surface area contributed by atoms with E-state index in [0.717, 1.165) is 36.6 Å². The summed E-state index contributed by atoms with van der Waals surface area (Å²) in [5.74, 6) is 1.21. The van der Waals surface area contributed by atoms with E-state index in [1.165, 1.54) is 0 Å². The Morgan fingerprint density at radius 2 is 2.35 bits per heavy atom. The van der Waals surface area contributed by atoms with Crippen LogP contribution in [0.3, 0.4) is 0 Å².